The van der Waals surface area contributed by atoms with Crippen LogP contribution in [0.5, 0.6) is 11.5 Å². The molecule has 0 fully saturated rings. The first-order valence-corrected chi connectivity index (χ1v) is 7.11. The molecule has 0 aliphatic rings. The fourth-order valence-corrected chi connectivity index (χ4v) is 2.71. The average molecular weight is 321 g/mol. The van der Waals surface area contributed by atoms with E-state index in [-0.39, 0.29) is 16.8 Å². The van der Waals surface area contributed by atoms with E-state index in [1.165, 1.54) is 23.6 Å². The first kappa shape index (κ1) is 13.6. The maximum absolute atomic E-state index is 9.66. The Morgan fingerprint density at radius 2 is 2.10 bits per heavy atom. The highest BCUT2D eigenvalue weighted by atomic mass is 35.5. The minimum absolute atomic E-state index is 0.128. The van der Waals surface area contributed by atoms with Crippen LogP contribution in [0.3, 0.4) is 0 Å². The molecule has 106 valence electrons. The van der Waals surface area contributed by atoms with Gasteiger partial charge in [-0.2, -0.15) is 10.1 Å². The summed E-state index contributed by atoms with van der Waals surface area (Å²) in [5.74, 6) is 0.0378. The molecule has 1 aromatic carbocycles. The zero-order valence-electron chi connectivity index (χ0n) is 10.5. The van der Waals surface area contributed by atoms with E-state index < -0.39 is 0 Å². The number of anilines is 1. The third-order valence-electron chi connectivity index (χ3n) is 2.72. The van der Waals surface area contributed by atoms with E-state index in [4.69, 9.17) is 11.6 Å². The van der Waals surface area contributed by atoms with Crippen molar-refractivity contribution < 1.29 is 10.2 Å². The van der Waals surface area contributed by atoms with E-state index in [9.17, 15) is 10.2 Å². The van der Waals surface area contributed by atoms with E-state index in [1.807, 2.05) is 11.4 Å². The summed E-state index contributed by atoms with van der Waals surface area (Å²) in [6.07, 6.45) is 1.38. The molecule has 0 saturated heterocycles. The fraction of sp³-hybridized carbons (Fsp3) is 0. The number of nitrogens with zero attached hydrogens (tertiary/aromatic N) is 3. The van der Waals surface area contributed by atoms with Crippen LogP contribution in [0.4, 0.5) is 5.82 Å². The van der Waals surface area contributed by atoms with Crippen molar-refractivity contribution in [1.29, 1.82) is 0 Å². The summed E-state index contributed by atoms with van der Waals surface area (Å²) in [5.41, 5.74) is 3.14. The summed E-state index contributed by atoms with van der Waals surface area (Å²) in [5, 5.41) is 25.9. The topological polar surface area (TPSA) is 90.6 Å². The number of rotatable bonds is 3. The number of para-hydroxylation sites is 1. The maximum Gasteiger partial charge on any atom is 0.225 e. The zero-order chi connectivity index (χ0) is 14.8. The van der Waals surface area contributed by atoms with Gasteiger partial charge in [0.25, 0.3) is 0 Å². The van der Waals surface area contributed by atoms with Crippen LogP contribution < -0.4 is 5.43 Å². The lowest BCUT2D eigenvalue weighted by Crippen LogP contribution is -1.96. The van der Waals surface area contributed by atoms with Gasteiger partial charge in [-0.05, 0) is 35.2 Å². The van der Waals surface area contributed by atoms with E-state index in [0.717, 1.165) is 10.2 Å². The average Bonchev–Trinajstić information content (AvgIpc) is 2.91. The van der Waals surface area contributed by atoms with Crippen LogP contribution >= 0.6 is 22.9 Å². The molecule has 2 aromatic heterocycles. The molecule has 0 aliphatic heterocycles. The Kier molecular flexibility index (Phi) is 3.59. The van der Waals surface area contributed by atoms with Gasteiger partial charge in [0.05, 0.1) is 11.6 Å². The predicted octanol–water partition coefficient (Wildman–Crippen LogP) is 3.20. The van der Waals surface area contributed by atoms with Gasteiger partial charge in [-0.1, -0.05) is 6.07 Å². The Bertz CT molecular complexity index is 834. The number of hydrogen-bond donors (Lipinski definition) is 3. The molecule has 6 nitrogen and oxygen atoms in total. The van der Waals surface area contributed by atoms with Crippen LogP contribution in [0.1, 0.15) is 5.56 Å². The summed E-state index contributed by atoms with van der Waals surface area (Å²) < 4.78 is 0. The number of aromatic nitrogens is 2. The van der Waals surface area contributed by atoms with Gasteiger partial charge in [-0.25, -0.2) is 4.98 Å². The second-order valence-corrected chi connectivity index (χ2v) is 5.30. The van der Waals surface area contributed by atoms with E-state index >= 15 is 0 Å². The number of aromatic hydroxyl groups is 2. The lowest BCUT2D eigenvalue weighted by molar-refractivity contribution is 0.403. The molecule has 3 N–H and O–H groups in total. The molecule has 8 heteroatoms. The SMILES string of the molecule is Oc1cccc(C=NNc2nc(Cl)nc3sccc23)c1O. The third-order valence-corrected chi connectivity index (χ3v) is 3.69. The van der Waals surface area contributed by atoms with Crippen molar-refractivity contribution in [1.82, 2.24) is 9.97 Å². The summed E-state index contributed by atoms with van der Waals surface area (Å²) in [6.45, 7) is 0. The standard InChI is InChI=1S/C13H9ClN4O2S/c14-13-16-11(8-4-5-21-12(8)17-13)18-15-6-7-2-1-3-9(19)10(7)20/h1-6,19-20H,(H,16,17,18). The van der Waals surface area contributed by atoms with Gasteiger partial charge in [0, 0.05) is 5.56 Å². The highest BCUT2D eigenvalue weighted by Gasteiger charge is 2.07. The minimum Gasteiger partial charge on any atom is -0.504 e. The molecule has 0 unspecified atom stereocenters. The molecule has 21 heavy (non-hydrogen) atoms. The van der Waals surface area contributed by atoms with Gasteiger partial charge in [0.1, 0.15) is 4.83 Å². The lowest BCUT2D eigenvalue weighted by Gasteiger charge is -2.03. The van der Waals surface area contributed by atoms with Crippen LogP contribution in [0.2, 0.25) is 5.28 Å². The molecule has 3 rings (SSSR count). The van der Waals surface area contributed by atoms with Gasteiger partial charge in [-0.15, -0.1) is 11.3 Å². The zero-order valence-corrected chi connectivity index (χ0v) is 12.1. The summed E-state index contributed by atoms with van der Waals surface area (Å²) in [4.78, 5) is 8.92. The Morgan fingerprint density at radius 3 is 2.95 bits per heavy atom. The van der Waals surface area contributed by atoms with Crippen molar-refractivity contribution in [2.24, 2.45) is 5.10 Å². The number of fused-ring (bicyclic) bond motifs is 1. The number of thiophene rings is 1. The lowest BCUT2D eigenvalue weighted by atomic mass is 10.2. The number of phenolic OH excluding ortho intramolecular Hbond substituents is 2. The molecule has 0 bridgehead atoms. The Morgan fingerprint density at radius 1 is 1.24 bits per heavy atom. The van der Waals surface area contributed by atoms with Crippen LogP contribution in [0, 0.1) is 0 Å². The summed E-state index contributed by atoms with van der Waals surface area (Å²) in [6, 6.07) is 6.47. The third kappa shape index (κ3) is 2.74. The van der Waals surface area contributed by atoms with Crippen molar-refractivity contribution in [2.45, 2.75) is 0 Å². The first-order valence-electron chi connectivity index (χ1n) is 5.86. The van der Waals surface area contributed by atoms with Crippen LogP contribution in [0.25, 0.3) is 10.2 Å². The van der Waals surface area contributed by atoms with Crippen molar-refractivity contribution in [3.05, 3.63) is 40.5 Å². The molecular weight excluding hydrogens is 312 g/mol. The van der Waals surface area contributed by atoms with Crippen LogP contribution in [-0.2, 0) is 0 Å². The predicted molar refractivity (Wildman–Crippen MR) is 83.4 cm³/mol. The molecule has 0 radical (unpaired) electrons. The minimum atomic E-state index is -0.232. The van der Waals surface area contributed by atoms with Crippen molar-refractivity contribution in [3.8, 4) is 11.5 Å². The highest BCUT2D eigenvalue weighted by molar-refractivity contribution is 7.16. The van der Waals surface area contributed by atoms with Crippen molar-refractivity contribution in [2.75, 3.05) is 5.43 Å². The van der Waals surface area contributed by atoms with Crippen molar-refractivity contribution >= 4 is 45.2 Å². The molecule has 0 saturated carbocycles. The number of benzene rings is 1. The molecule has 0 atom stereocenters. The quantitative estimate of drug-likeness (QED) is 0.298. The number of phenols is 2. The van der Waals surface area contributed by atoms with Gasteiger partial charge in [-0.3, -0.25) is 5.43 Å². The molecular formula is C13H9ClN4O2S. The van der Waals surface area contributed by atoms with E-state index in [0.29, 0.717) is 11.4 Å². The Hall–Kier alpha value is -2.38. The molecule has 2 heterocycles. The monoisotopic (exact) mass is 320 g/mol. The van der Waals surface area contributed by atoms with Gasteiger partial charge in [0.2, 0.25) is 5.28 Å². The smallest absolute Gasteiger partial charge is 0.225 e. The number of hydrazone groups is 1. The Balaban J connectivity index is 1.88. The van der Waals surface area contributed by atoms with Gasteiger partial charge in [0.15, 0.2) is 17.3 Å². The largest absolute Gasteiger partial charge is 0.504 e. The first-order chi connectivity index (χ1) is 10.1. The fourth-order valence-electron chi connectivity index (χ4n) is 1.73. The maximum atomic E-state index is 9.66. The molecule has 0 aliphatic carbocycles. The Labute approximate surface area is 128 Å². The summed E-state index contributed by atoms with van der Waals surface area (Å²) in [7, 11) is 0. The normalized spacial score (nSPS) is 11.3. The summed E-state index contributed by atoms with van der Waals surface area (Å²) >= 11 is 7.29. The van der Waals surface area contributed by atoms with E-state index in [2.05, 4.69) is 20.5 Å². The number of halogens is 1. The molecule has 3 aromatic rings. The molecule has 0 spiro atoms. The van der Waals surface area contributed by atoms with E-state index in [1.54, 1.807) is 12.1 Å². The van der Waals surface area contributed by atoms with Gasteiger partial charge >= 0.3 is 0 Å². The number of hydrogen-bond acceptors (Lipinski definition) is 7. The van der Waals surface area contributed by atoms with Crippen LogP contribution in [0.15, 0.2) is 34.7 Å². The number of nitrogens with one attached hydrogen (secondary N) is 1. The van der Waals surface area contributed by atoms with Crippen molar-refractivity contribution in [3.63, 3.8) is 0 Å². The van der Waals surface area contributed by atoms with Crippen LogP contribution in [-0.4, -0.2) is 26.4 Å². The van der Waals surface area contributed by atoms with Gasteiger partial charge < -0.3 is 10.2 Å². The highest BCUT2D eigenvalue weighted by Crippen LogP contribution is 2.28. The second kappa shape index (κ2) is 5.55. The second-order valence-electron chi connectivity index (χ2n) is 4.07. The molecule has 0 amide bonds.